The quantitative estimate of drug-likeness (QED) is 0.403. The van der Waals surface area contributed by atoms with Crippen LogP contribution in [0.5, 0.6) is 5.75 Å². The minimum atomic E-state index is -0.677. The number of carbonyl (C=O) groups is 1. The molecule has 1 aromatic carbocycles. The lowest BCUT2D eigenvalue weighted by Crippen LogP contribution is -2.55. The molecule has 1 amide bonds. The summed E-state index contributed by atoms with van der Waals surface area (Å²) in [4.78, 5) is 14.7. The van der Waals surface area contributed by atoms with E-state index >= 15 is 0 Å². The summed E-state index contributed by atoms with van der Waals surface area (Å²) >= 11 is 0. The first-order valence-corrected chi connectivity index (χ1v) is 12.4. The lowest BCUT2D eigenvalue weighted by molar-refractivity contribution is -0.152. The number of amides is 1. The van der Waals surface area contributed by atoms with Crippen molar-refractivity contribution in [2.75, 3.05) is 52.7 Å². The molecule has 9 heteroatoms. The second kappa shape index (κ2) is 12.7. The van der Waals surface area contributed by atoms with Crippen LogP contribution in [0.1, 0.15) is 50.8 Å². The van der Waals surface area contributed by atoms with Crippen LogP contribution in [0.2, 0.25) is 0 Å². The first-order chi connectivity index (χ1) is 16.8. The zero-order valence-electron chi connectivity index (χ0n) is 21.1. The summed E-state index contributed by atoms with van der Waals surface area (Å²) in [6, 6.07) is 7.23. The van der Waals surface area contributed by atoms with Crippen LogP contribution < -0.4 is 10.5 Å². The lowest BCUT2D eigenvalue weighted by Gasteiger charge is -2.47. The topological polar surface area (TPSA) is 127 Å². The molecule has 0 saturated carbocycles. The summed E-state index contributed by atoms with van der Waals surface area (Å²) in [5, 5.41) is 18.3. The van der Waals surface area contributed by atoms with Gasteiger partial charge in [-0.15, -0.1) is 0 Å². The van der Waals surface area contributed by atoms with E-state index in [2.05, 4.69) is 6.07 Å². The Morgan fingerprint density at radius 1 is 1.29 bits per heavy atom. The Kier molecular flexibility index (Phi) is 9.89. The summed E-state index contributed by atoms with van der Waals surface area (Å²) in [6.07, 6.45) is 0.925. The van der Waals surface area contributed by atoms with Crippen LogP contribution in [0, 0.1) is 23.2 Å². The Morgan fingerprint density at radius 3 is 2.71 bits per heavy atom. The molecule has 35 heavy (non-hydrogen) atoms. The van der Waals surface area contributed by atoms with Crippen LogP contribution in [-0.4, -0.2) is 80.3 Å². The number of aliphatic hydroxyl groups excluding tert-OH is 1. The average molecular weight is 490 g/mol. The number of hydrogen-bond donors (Lipinski definition) is 2. The van der Waals surface area contributed by atoms with Gasteiger partial charge in [-0.05, 0) is 45.0 Å². The highest BCUT2D eigenvalue weighted by molar-refractivity contribution is 5.79. The van der Waals surface area contributed by atoms with Gasteiger partial charge in [0.15, 0.2) is 0 Å². The smallest absolute Gasteiger partial charge is 0.223 e. The first-order valence-electron chi connectivity index (χ1n) is 12.4. The third kappa shape index (κ3) is 6.93. The molecule has 1 saturated heterocycles. The van der Waals surface area contributed by atoms with Gasteiger partial charge in [-0.2, -0.15) is 5.26 Å². The molecule has 1 fully saturated rings. The Hall–Kier alpha value is -2.22. The van der Waals surface area contributed by atoms with Gasteiger partial charge >= 0.3 is 0 Å². The molecular weight excluding hydrogens is 450 g/mol. The fourth-order valence-corrected chi connectivity index (χ4v) is 4.66. The third-order valence-electron chi connectivity index (χ3n) is 6.49. The molecule has 4 atom stereocenters. The number of fused-ring (bicyclic) bond motifs is 1. The zero-order valence-corrected chi connectivity index (χ0v) is 21.1. The van der Waals surface area contributed by atoms with E-state index in [0.717, 1.165) is 12.0 Å². The molecule has 0 aromatic heterocycles. The number of carbonyl (C=O) groups excluding carboxylic acids is 1. The molecule has 3 rings (SSSR count). The predicted octanol–water partition coefficient (Wildman–Crippen LogP) is 2.01. The molecule has 0 spiro atoms. The molecule has 2 heterocycles. The van der Waals surface area contributed by atoms with Crippen molar-refractivity contribution >= 4 is 5.91 Å². The molecule has 194 valence electrons. The van der Waals surface area contributed by atoms with Gasteiger partial charge in [0, 0.05) is 30.4 Å². The predicted molar refractivity (Wildman–Crippen MR) is 130 cm³/mol. The number of aliphatic hydroxyl groups is 1. The van der Waals surface area contributed by atoms with E-state index < -0.39 is 11.7 Å². The van der Waals surface area contributed by atoms with Crippen LogP contribution >= 0.6 is 0 Å². The van der Waals surface area contributed by atoms with Crippen molar-refractivity contribution < 1.29 is 28.8 Å². The number of hydrogen-bond acceptors (Lipinski definition) is 8. The van der Waals surface area contributed by atoms with Gasteiger partial charge in [-0.25, -0.2) is 0 Å². The van der Waals surface area contributed by atoms with Gasteiger partial charge in [0.05, 0.1) is 57.3 Å². The molecule has 3 N–H and O–H groups in total. The number of nitrogens with zero attached hydrogens (tertiary/aromatic N) is 2. The van der Waals surface area contributed by atoms with Crippen LogP contribution in [0.25, 0.3) is 0 Å². The molecule has 9 nitrogen and oxygen atoms in total. The van der Waals surface area contributed by atoms with Gasteiger partial charge in [0.1, 0.15) is 17.5 Å². The highest BCUT2D eigenvalue weighted by Gasteiger charge is 2.49. The molecule has 0 aliphatic carbocycles. The zero-order chi connectivity index (χ0) is 25.4. The van der Waals surface area contributed by atoms with Gasteiger partial charge in [-0.1, -0.05) is 6.92 Å². The van der Waals surface area contributed by atoms with E-state index in [9.17, 15) is 10.1 Å². The maximum Gasteiger partial charge on any atom is 0.223 e. The van der Waals surface area contributed by atoms with Crippen LogP contribution in [-0.2, 0) is 19.0 Å². The van der Waals surface area contributed by atoms with Crippen molar-refractivity contribution in [3.8, 4) is 11.8 Å². The molecule has 2 aliphatic rings. The van der Waals surface area contributed by atoms with Crippen molar-refractivity contribution in [2.45, 2.75) is 51.4 Å². The van der Waals surface area contributed by atoms with E-state index in [4.69, 9.17) is 29.8 Å². The number of likely N-dealkylation sites (tertiary alicyclic amines) is 1. The largest absolute Gasteiger partial charge is 0.485 e. The lowest BCUT2D eigenvalue weighted by atomic mass is 9.84. The molecule has 0 bridgehead atoms. The number of rotatable bonds is 13. The normalized spacial score (nSPS) is 22.9. The van der Waals surface area contributed by atoms with Gasteiger partial charge < -0.3 is 34.7 Å². The van der Waals surface area contributed by atoms with Crippen molar-refractivity contribution in [3.05, 3.63) is 29.3 Å². The molecule has 2 unspecified atom stereocenters. The minimum absolute atomic E-state index is 0.0138. The summed E-state index contributed by atoms with van der Waals surface area (Å²) in [5.41, 5.74) is 6.46. The van der Waals surface area contributed by atoms with E-state index in [1.807, 2.05) is 37.8 Å². The van der Waals surface area contributed by atoms with E-state index in [1.54, 1.807) is 6.07 Å². The molecule has 1 aromatic rings. The standard InChI is InChI=1S/C26H39N3O6/c1-18(14-33-17-20(13-28)16-32-10-9-30)15-34-25-24(29-8-4-5-23(29)31)21-11-19(12-27)6-7-22(21)35-26(25,2)3/h6-7,11,18,20,24-25,30H,4-5,8-10,13-17,28H2,1-3H3/t18?,20?,24-,25+/m1/s1. The SMILES string of the molecule is CC(COCC(CN)COCCO)CO[C@H]1[C@H](N2CCCC2=O)c2cc(C#N)ccc2OC1(C)C. The van der Waals surface area contributed by atoms with Crippen LogP contribution in [0.3, 0.4) is 0 Å². The Bertz CT molecular complexity index is 886. The van der Waals surface area contributed by atoms with E-state index in [1.165, 1.54) is 0 Å². The maximum absolute atomic E-state index is 12.8. The fourth-order valence-electron chi connectivity index (χ4n) is 4.66. The average Bonchev–Trinajstić information content (AvgIpc) is 3.26. The summed E-state index contributed by atoms with van der Waals surface area (Å²) in [6.45, 7) is 9.23. The van der Waals surface area contributed by atoms with Crippen molar-refractivity contribution in [2.24, 2.45) is 17.6 Å². The molecular formula is C26H39N3O6. The highest BCUT2D eigenvalue weighted by Crippen LogP contribution is 2.46. The number of benzene rings is 1. The Morgan fingerprint density at radius 2 is 2.06 bits per heavy atom. The third-order valence-corrected chi connectivity index (χ3v) is 6.49. The van der Waals surface area contributed by atoms with Crippen LogP contribution in [0.4, 0.5) is 0 Å². The number of nitrogens with two attached hydrogens (primary N) is 1. The highest BCUT2D eigenvalue weighted by atomic mass is 16.6. The molecule has 0 radical (unpaired) electrons. The monoisotopic (exact) mass is 489 g/mol. The second-order valence-electron chi connectivity index (χ2n) is 10.0. The summed E-state index contributed by atoms with van der Waals surface area (Å²) in [5.74, 6) is 0.953. The van der Waals surface area contributed by atoms with E-state index in [0.29, 0.717) is 63.9 Å². The van der Waals surface area contributed by atoms with Crippen molar-refractivity contribution in [1.29, 1.82) is 5.26 Å². The minimum Gasteiger partial charge on any atom is -0.485 e. The number of nitriles is 1. The Labute approximate surface area is 208 Å². The van der Waals surface area contributed by atoms with Crippen LogP contribution in [0.15, 0.2) is 18.2 Å². The van der Waals surface area contributed by atoms with Gasteiger partial charge in [0.25, 0.3) is 0 Å². The maximum atomic E-state index is 12.8. The molecule has 2 aliphatic heterocycles. The van der Waals surface area contributed by atoms with Crippen molar-refractivity contribution in [3.63, 3.8) is 0 Å². The van der Waals surface area contributed by atoms with Gasteiger partial charge in [0.2, 0.25) is 5.91 Å². The van der Waals surface area contributed by atoms with Crippen molar-refractivity contribution in [1.82, 2.24) is 4.90 Å². The number of ether oxygens (including phenoxy) is 4. The summed E-state index contributed by atoms with van der Waals surface area (Å²) < 4.78 is 24.0. The first kappa shape index (κ1) is 27.4. The second-order valence-corrected chi connectivity index (χ2v) is 10.0. The van der Waals surface area contributed by atoms with E-state index in [-0.39, 0.29) is 30.4 Å². The fraction of sp³-hybridized carbons (Fsp3) is 0.692. The summed E-state index contributed by atoms with van der Waals surface area (Å²) in [7, 11) is 0. The Balaban J connectivity index is 1.67. The van der Waals surface area contributed by atoms with Gasteiger partial charge in [-0.3, -0.25) is 4.79 Å².